The summed E-state index contributed by atoms with van der Waals surface area (Å²) >= 11 is 0. The first-order valence-corrected chi connectivity index (χ1v) is 9.09. The summed E-state index contributed by atoms with van der Waals surface area (Å²) in [7, 11) is 0. The Morgan fingerprint density at radius 1 is 0.520 bits per heavy atom. The highest BCUT2D eigenvalue weighted by atomic mass is 14.2. The van der Waals surface area contributed by atoms with E-state index < -0.39 is 0 Å². The molecule has 4 aromatic carbocycles. The second-order valence-electron chi connectivity index (χ2n) is 6.94. The summed E-state index contributed by atoms with van der Waals surface area (Å²) in [6, 6.07) is 31.1. The van der Waals surface area contributed by atoms with Crippen molar-refractivity contribution in [1.29, 1.82) is 0 Å². The smallest absolute Gasteiger partial charge is 0.0149 e. The Morgan fingerprint density at radius 3 is 2.20 bits per heavy atom. The minimum absolute atomic E-state index is 1.22. The van der Waals surface area contributed by atoms with Crippen LogP contribution in [0.15, 0.2) is 84.9 Å². The van der Waals surface area contributed by atoms with Crippen LogP contribution in [0.5, 0.6) is 0 Å². The van der Waals surface area contributed by atoms with Crippen molar-refractivity contribution < 1.29 is 0 Å². The molecule has 0 amide bonds. The molecule has 0 radical (unpaired) electrons. The Balaban J connectivity index is 1.65. The molecule has 120 valence electrons. The molecule has 0 aliphatic heterocycles. The van der Waals surface area contributed by atoms with E-state index in [9.17, 15) is 0 Å². The first-order chi connectivity index (χ1) is 12.4. The molecule has 0 N–H and O–H groups in total. The number of fused-ring (bicyclic) bond motifs is 2. The molecule has 0 spiro atoms. The van der Waals surface area contributed by atoms with Crippen molar-refractivity contribution in [1.82, 2.24) is 0 Å². The zero-order chi connectivity index (χ0) is 16.6. The maximum atomic E-state index is 2.36. The Kier molecular flexibility index (Phi) is 3.41. The topological polar surface area (TPSA) is 0 Å². The minimum atomic E-state index is 1.22. The summed E-state index contributed by atoms with van der Waals surface area (Å²) in [5.41, 5.74) is 8.41. The number of hydrogen-bond acceptors (Lipinski definition) is 0. The van der Waals surface area contributed by atoms with Gasteiger partial charge in [-0.3, -0.25) is 0 Å². The molecule has 0 fully saturated rings. The molecule has 0 heterocycles. The van der Waals surface area contributed by atoms with Crippen molar-refractivity contribution in [2.45, 2.75) is 19.3 Å². The Labute approximate surface area is 148 Å². The van der Waals surface area contributed by atoms with E-state index in [2.05, 4.69) is 84.9 Å². The van der Waals surface area contributed by atoms with Crippen LogP contribution in [-0.4, -0.2) is 0 Å². The lowest BCUT2D eigenvalue weighted by atomic mass is 9.94. The van der Waals surface area contributed by atoms with Gasteiger partial charge in [-0.05, 0) is 75.5 Å². The van der Waals surface area contributed by atoms with Crippen LogP contribution >= 0.6 is 0 Å². The van der Waals surface area contributed by atoms with E-state index in [1.807, 2.05) is 0 Å². The van der Waals surface area contributed by atoms with Gasteiger partial charge in [-0.2, -0.15) is 0 Å². The fourth-order valence-corrected chi connectivity index (χ4v) is 4.11. The van der Waals surface area contributed by atoms with E-state index in [-0.39, 0.29) is 0 Å². The average Bonchev–Trinajstić information content (AvgIpc) is 3.17. The van der Waals surface area contributed by atoms with Gasteiger partial charge in [-0.25, -0.2) is 0 Å². The van der Waals surface area contributed by atoms with Gasteiger partial charge in [0, 0.05) is 0 Å². The predicted octanol–water partition coefficient (Wildman–Crippen LogP) is 6.66. The number of hydrogen-bond donors (Lipinski definition) is 0. The van der Waals surface area contributed by atoms with Crippen LogP contribution in [0.3, 0.4) is 0 Å². The lowest BCUT2D eigenvalue weighted by Crippen LogP contribution is -1.88. The van der Waals surface area contributed by atoms with E-state index in [4.69, 9.17) is 0 Å². The quantitative estimate of drug-likeness (QED) is 0.387. The molecule has 0 unspecified atom stereocenters. The number of rotatable bonds is 2. The van der Waals surface area contributed by atoms with Gasteiger partial charge in [0.25, 0.3) is 0 Å². The van der Waals surface area contributed by atoms with Crippen LogP contribution in [0.25, 0.3) is 33.0 Å². The first kappa shape index (κ1) is 14.5. The number of aryl methyl sites for hydroxylation is 1. The molecule has 4 aromatic rings. The standard InChI is InChI=1S/C25H20/c1-2-6-18(7-3-1)21-14-12-19-13-15-22(17-23(19)16-21)25-11-5-9-20-8-4-10-24(20)25/h1-3,5-7,9,11-17H,4,8,10H2. The van der Waals surface area contributed by atoms with Gasteiger partial charge in [0.1, 0.15) is 0 Å². The molecule has 0 nitrogen and oxygen atoms in total. The zero-order valence-electron chi connectivity index (χ0n) is 14.2. The van der Waals surface area contributed by atoms with Gasteiger partial charge in [0.05, 0.1) is 0 Å². The first-order valence-electron chi connectivity index (χ1n) is 9.09. The van der Waals surface area contributed by atoms with Crippen LogP contribution in [0.2, 0.25) is 0 Å². The molecular weight excluding hydrogens is 300 g/mol. The Hall–Kier alpha value is -2.86. The van der Waals surface area contributed by atoms with Crippen LogP contribution in [0.1, 0.15) is 17.5 Å². The average molecular weight is 320 g/mol. The molecule has 0 saturated carbocycles. The molecule has 0 heteroatoms. The Morgan fingerprint density at radius 2 is 1.32 bits per heavy atom. The van der Waals surface area contributed by atoms with Gasteiger partial charge in [0.2, 0.25) is 0 Å². The third-order valence-corrected chi connectivity index (χ3v) is 5.40. The van der Waals surface area contributed by atoms with Crippen molar-refractivity contribution in [3.05, 3.63) is 96.1 Å². The van der Waals surface area contributed by atoms with E-state index in [0.717, 1.165) is 0 Å². The van der Waals surface area contributed by atoms with Crippen molar-refractivity contribution in [2.75, 3.05) is 0 Å². The number of benzene rings is 4. The van der Waals surface area contributed by atoms with Crippen LogP contribution in [-0.2, 0) is 12.8 Å². The fraction of sp³-hybridized carbons (Fsp3) is 0.120. The SMILES string of the molecule is c1ccc(-c2ccc3ccc(-c4cccc5c4CCC5)cc3c2)cc1. The van der Waals surface area contributed by atoms with Gasteiger partial charge >= 0.3 is 0 Å². The maximum Gasteiger partial charge on any atom is -0.0149 e. The molecule has 0 bridgehead atoms. The van der Waals surface area contributed by atoms with Crippen molar-refractivity contribution in [3.8, 4) is 22.3 Å². The predicted molar refractivity (Wildman–Crippen MR) is 107 cm³/mol. The third-order valence-electron chi connectivity index (χ3n) is 5.40. The lowest BCUT2D eigenvalue weighted by Gasteiger charge is -2.11. The molecule has 0 aromatic heterocycles. The van der Waals surface area contributed by atoms with E-state index >= 15 is 0 Å². The highest BCUT2D eigenvalue weighted by Gasteiger charge is 2.15. The van der Waals surface area contributed by atoms with Crippen molar-refractivity contribution in [3.63, 3.8) is 0 Å². The van der Waals surface area contributed by atoms with Gasteiger partial charge in [-0.1, -0.05) is 72.8 Å². The monoisotopic (exact) mass is 320 g/mol. The highest BCUT2D eigenvalue weighted by molar-refractivity contribution is 5.91. The minimum Gasteiger partial charge on any atom is -0.0622 e. The summed E-state index contributed by atoms with van der Waals surface area (Å²) in [5.74, 6) is 0. The van der Waals surface area contributed by atoms with Gasteiger partial charge in [0.15, 0.2) is 0 Å². The molecule has 1 aliphatic carbocycles. The van der Waals surface area contributed by atoms with Gasteiger partial charge < -0.3 is 0 Å². The maximum absolute atomic E-state index is 2.36. The molecule has 0 saturated heterocycles. The molecule has 5 rings (SSSR count). The summed E-state index contributed by atoms with van der Waals surface area (Å²) < 4.78 is 0. The normalized spacial score (nSPS) is 13.1. The van der Waals surface area contributed by atoms with Crippen LogP contribution in [0.4, 0.5) is 0 Å². The second kappa shape index (κ2) is 5.89. The molecule has 1 aliphatic rings. The van der Waals surface area contributed by atoms with Crippen LogP contribution in [0, 0.1) is 0 Å². The van der Waals surface area contributed by atoms with Gasteiger partial charge in [-0.15, -0.1) is 0 Å². The molecular formula is C25H20. The molecule has 25 heavy (non-hydrogen) atoms. The van der Waals surface area contributed by atoms with E-state index in [1.54, 1.807) is 5.56 Å². The zero-order valence-corrected chi connectivity index (χ0v) is 14.2. The second-order valence-corrected chi connectivity index (χ2v) is 6.94. The largest absolute Gasteiger partial charge is 0.0622 e. The summed E-state index contributed by atoms with van der Waals surface area (Å²) in [6.45, 7) is 0. The lowest BCUT2D eigenvalue weighted by molar-refractivity contribution is 0.912. The summed E-state index contributed by atoms with van der Waals surface area (Å²) in [6.07, 6.45) is 3.74. The van der Waals surface area contributed by atoms with E-state index in [1.165, 1.54) is 57.9 Å². The van der Waals surface area contributed by atoms with Crippen molar-refractivity contribution in [2.24, 2.45) is 0 Å². The summed E-state index contributed by atoms with van der Waals surface area (Å²) in [5, 5.41) is 2.62. The van der Waals surface area contributed by atoms with Crippen molar-refractivity contribution >= 4 is 10.8 Å². The fourth-order valence-electron chi connectivity index (χ4n) is 4.11. The van der Waals surface area contributed by atoms with Crippen LogP contribution < -0.4 is 0 Å². The third kappa shape index (κ3) is 2.55. The summed E-state index contributed by atoms with van der Waals surface area (Å²) in [4.78, 5) is 0. The highest BCUT2D eigenvalue weighted by Crippen LogP contribution is 2.34. The van der Waals surface area contributed by atoms with E-state index in [0.29, 0.717) is 0 Å². The Bertz CT molecular complexity index is 1060. The molecule has 0 atom stereocenters.